The maximum absolute atomic E-state index is 10.1. The first kappa shape index (κ1) is 18.4. The SMILES string of the molecule is COCC[C@]1(CO)CCCN(c2nc(N(C)C)nc3c2CCCC3)C1. The van der Waals surface area contributed by atoms with Crippen LogP contribution in [0.4, 0.5) is 11.8 Å². The maximum atomic E-state index is 10.1. The summed E-state index contributed by atoms with van der Waals surface area (Å²) in [5.41, 5.74) is 2.47. The minimum atomic E-state index is -0.0843. The minimum Gasteiger partial charge on any atom is -0.396 e. The molecule has 6 nitrogen and oxygen atoms in total. The molecule has 0 unspecified atom stereocenters. The fourth-order valence-corrected chi connectivity index (χ4v) is 4.14. The first-order valence-corrected chi connectivity index (χ1v) is 9.50. The van der Waals surface area contributed by atoms with E-state index in [0.29, 0.717) is 6.61 Å². The van der Waals surface area contributed by atoms with Gasteiger partial charge < -0.3 is 19.6 Å². The number of piperidine rings is 1. The number of aliphatic hydroxyl groups is 1. The Labute approximate surface area is 151 Å². The van der Waals surface area contributed by atoms with Gasteiger partial charge in [-0.3, -0.25) is 0 Å². The average molecular weight is 348 g/mol. The number of anilines is 2. The quantitative estimate of drug-likeness (QED) is 0.849. The molecule has 2 aliphatic rings. The van der Waals surface area contributed by atoms with Crippen molar-refractivity contribution >= 4 is 11.8 Å². The second-order valence-electron chi connectivity index (χ2n) is 7.80. The second-order valence-corrected chi connectivity index (χ2v) is 7.80. The number of hydrogen-bond acceptors (Lipinski definition) is 6. The Morgan fingerprint density at radius 3 is 2.72 bits per heavy atom. The van der Waals surface area contributed by atoms with Gasteiger partial charge in [0.15, 0.2) is 0 Å². The third-order valence-corrected chi connectivity index (χ3v) is 5.68. The third-order valence-electron chi connectivity index (χ3n) is 5.68. The van der Waals surface area contributed by atoms with Gasteiger partial charge in [0.25, 0.3) is 0 Å². The zero-order chi connectivity index (χ0) is 17.9. The molecule has 140 valence electrons. The molecule has 0 spiro atoms. The Bertz CT molecular complexity index is 593. The van der Waals surface area contributed by atoms with Crippen LogP contribution in [-0.2, 0) is 17.6 Å². The van der Waals surface area contributed by atoms with Gasteiger partial charge >= 0.3 is 0 Å². The largest absolute Gasteiger partial charge is 0.396 e. The van der Waals surface area contributed by atoms with Gasteiger partial charge in [0.05, 0.1) is 12.3 Å². The molecule has 0 saturated carbocycles. The number of rotatable bonds is 6. The highest BCUT2D eigenvalue weighted by Gasteiger charge is 2.36. The van der Waals surface area contributed by atoms with Crippen LogP contribution in [0, 0.1) is 5.41 Å². The monoisotopic (exact) mass is 348 g/mol. The van der Waals surface area contributed by atoms with E-state index in [9.17, 15) is 5.11 Å². The molecule has 1 aliphatic carbocycles. The summed E-state index contributed by atoms with van der Waals surface area (Å²) in [6, 6.07) is 0. The molecule has 6 heteroatoms. The van der Waals surface area contributed by atoms with Gasteiger partial charge in [-0.05, 0) is 44.9 Å². The van der Waals surface area contributed by atoms with Gasteiger partial charge in [0, 0.05) is 51.9 Å². The van der Waals surface area contributed by atoms with Crippen molar-refractivity contribution in [2.24, 2.45) is 5.41 Å². The molecule has 0 amide bonds. The summed E-state index contributed by atoms with van der Waals surface area (Å²) in [4.78, 5) is 14.1. The summed E-state index contributed by atoms with van der Waals surface area (Å²) in [5.74, 6) is 1.90. The number of aliphatic hydroxyl groups excluding tert-OH is 1. The van der Waals surface area contributed by atoms with E-state index in [4.69, 9.17) is 14.7 Å². The molecule has 1 aliphatic heterocycles. The van der Waals surface area contributed by atoms with E-state index in [-0.39, 0.29) is 12.0 Å². The molecule has 0 aromatic carbocycles. The van der Waals surface area contributed by atoms with Gasteiger partial charge in [0.2, 0.25) is 5.95 Å². The molecule has 2 heterocycles. The molecule has 3 rings (SSSR count). The number of methoxy groups -OCH3 is 1. The number of nitrogens with zero attached hydrogens (tertiary/aromatic N) is 4. The van der Waals surface area contributed by atoms with Crippen molar-refractivity contribution < 1.29 is 9.84 Å². The molecule has 1 fully saturated rings. The van der Waals surface area contributed by atoms with E-state index < -0.39 is 0 Å². The fourth-order valence-electron chi connectivity index (χ4n) is 4.14. The molecule has 1 aromatic heterocycles. The average Bonchev–Trinajstić information content (AvgIpc) is 2.65. The molecule has 1 atom stereocenters. The predicted molar refractivity (Wildman–Crippen MR) is 100 cm³/mol. The van der Waals surface area contributed by atoms with Crippen LogP contribution in [0.3, 0.4) is 0 Å². The maximum Gasteiger partial charge on any atom is 0.227 e. The fraction of sp³-hybridized carbons (Fsp3) is 0.789. The zero-order valence-electron chi connectivity index (χ0n) is 15.9. The molecular weight excluding hydrogens is 316 g/mol. The molecule has 25 heavy (non-hydrogen) atoms. The first-order valence-electron chi connectivity index (χ1n) is 9.50. The van der Waals surface area contributed by atoms with E-state index in [1.165, 1.54) is 24.1 Å². The Morgan fingerprint density at radius 2 is 2.00 bits per heavy atom. The Hall–Kier alpha value is -1.40. The van der Waals surface area contributed by atoms with Crippen molar-refractivity contribution in [3.63, 3.8) is 0 Å². The number of aromatic nitrogens is 2. The second kappa shape index (κ2) is 7.87. The van der Waals surface area contributed by atoms with Gasteiger partial charge in [-0.1, -0.05) is 0 Å². The Morgan fingerprint density at radius 1 is 1.20 bits per heavy atom. The predicted octanol–water partition coefficient (Wildman–Crippen LogP) is 2.04. The lowest BCUT2D eigenvalue weighted by Gasteiger charge is -2.43. The molecule has 1 N–H and O–H groups in total. The zero-order valence-corrected chi connectivity index (χ0v) is 15.9. The first-order chi connectivity index (χ1) is 12.1. The van der Waals surface area contributed by atoms with Crippen LogP contribution < -0.4 is 9.80 Å². The Kier molecular flexibility index (Phi) is 5.79. The van der Waals surface area contributed by atoms with Crippen molar-refractivity contribution in [1.82, 2.24) is 9.97 Å². The number of fused-ring (bicyclic) bond motifs is 1. The highest BCUT2D eigenvalue weighted by molar-refractivity contribution is 5.54. The van der Waals surface area contributed by atoms with Crippen LogP contribution >= 0.6 is 0 Å². The minimum absolute atomic E-state index is 0.0843. The van der Waals surface area contributed by atoms with Gasteiger partial charge in [-0.25, -0.2) is 4.98 Å². The normalized spacial score (nSPS) is 23.4. The van der Waals surface area contributed by atoms with Gasteiger partial charge in [-0.2, -0.15) is 4.98 Å². The topological polar surface area (TPSA) is 61.7 Å². The van der Waals surface area contributed by atoms with Crippen LogP contribution in [0.2, 0.25) is 0 Å². The van der Waals surface area contributed by atoms with Gasteiger partial charge in [-0.15, -0.1) is 0 Å². The summed E-state index contributed by atoms with van der Waals surface area (Å²) in [6.07, 6.45) is 7.58. The van der Waals surface area contributed by atoms with Crippen LogP contribution in [0.15, 0.2) is 0 Å². The van der Waals surface area contributed by atoms with Crippen molar-refractivity contribution in [1.29, 1.82) is 0 Å². The molecular formula is C19H32N4O2. The van der Waals surface area contributed by atoms with E-state index in [2.05, 4.69) is 4.90 Å². The molecule has 0 radical (unpaired) electrons. The van der Waals surface area contributed by atoms with Crippen LogP contribution in [0.1, 0.15) is 43.4 Å². The third kappa shape index (κ3) is 3.90. The summed E-state index contributed by atoms with van der Waals surface area (Å²) < 4.78 is 5.29. The van der Waals surface area contributed by atoms with Crippen molar-refractivity contribution in [2.45, 2.75) is 44.9 Å². The van der Waals surface area contributed by atoms with E-state index in [1.54, 1.807) is 7.11 Å². The van der Waals surface area contributed by atoms with Crippen LogP contribution in [0.5, 0.6) is 0 Å². The summed E-state index contributed by atoms with van der Waals surface area (Å²) in [6.45, 7) is 2.76. The smallest absolute Gasteiger partial charge is 0.227 e. The molecule has 0 bridgehead atoms. The van der Waals surface area contributed by atoms with E-state index >= 15 is 0 Å². The van der Waals surface area contributed by atoms with Crippen molar-refractivity contribution in [3.05, 3.63) is 11.3 Å². The summed E-state index contributed by atoms with van der Waals surface area (Å²) in [5, 5.41) is 10.1. The van der Waals surface area contributed by atoms with E-state index in [0.717, 1.165) is 57.0 Å². The molecule has 1 aromatic rings. The van der Waals surface area contributed by atoms with Gasteiger partial charge in [0.1, 0.15) is 5.82 Å². The number of hydrogen-bond donors (Lipinski definition) is 1. The molecule has 1 saturated heterocycles. The van der Waals surface area contributed by atoms with E-state index in [1.807, 2.05) is 19.0 Å². The lowest BCUT2D eigenvalue weighted by atomic mass is 9.78. The van der Waals surface area contributed by atoms with Crippen molar-refractivity contribution in [3.8, 4) is 0 Å². The number of ether oxygens (including phenoxy) is 1. The standard InChI is InChI=1S/C19H32N4O2/c1-22(2)18-20-16-8-5-4-7-15(16)17(21-18)23-11-6-9-19(13-23,14-24)10-12-25-3/h24H,4-14H2,1-3H3/t19-/m1/s1. The Balaban J connectivity index is 1.93. The number of aryl methyl sites for hydroxylation is 1. The van der Waals surface area contributed by atoms with Crippen LogP contribution in [0.25, 0.3) is 0 Å². The van der Waals surface area contributed by atoms with Crippen LogP contribution in [-0.4, -0.2) is 62.6 Å². The summed E-state index contributed by atoms with van der Waals surface area (Å²) >= 11 is 0. The lowest BCUT2D eigenvalue weighted by molar-refractivity contribution is 0.0624. The summed E-state index contributed by atoms with van der Waals surface area (Å²) in [7, 11) is 5.73. The van der Waals surface area contributed by atoms with Crippen molar-refractivity contribution in [2.75, 3.05) is 57.3 Å². The lowest BCUT2D eigenvalue weighted by Crippen LogP contribution is -2.47. The highest BCUT2D eigenvalue weighted by atomic mass is 16.5. The highest BCUT2D eigenvalue weighted by Crippen LogP contribution is 2.38.